The van der Waals surface area contributed by atoms with Gasteiger partial charge in [0.2, 0.25) is 5.91 Å². The molecule has 1 aliphatic rings. The number of carbonyl (C=O) groups is 1. The Kier molecular flexibility index (Phi) is 4.39. The molecule has 0 unspecified atom stereocenters. The minimum atomic E-state index is 0.222. The second-order valence-corrected chi connectivity index (χ2v) is 4.42. The van der Waals surface area contributed by atoms with E-state index in [-0.39, 0.29) is 5.91 Å². The van der Waals surface area contributed by atoms with E-state index in [0.717, 1.165) is 25.9 Å². The van der Waals surface area contributed by atoms with E-state index in [1.165, 1.54) is 6.42 Å². The Balaban J connectivity index is 2.42. The number of amides is 1. The van der Waals surface area contributed by atoms with Crippen LogP contribution >= 0.6 is 0 Å². The molecule has 0 aromatic carbocycles. The standard InChI is InChI=1S/C11H22N2O/c1-9(2)12-8-11-6-4-5-7-13(11)10(3)14/h9,11-12H,4-8H2,1-3H3/t11-/m1/s1. The van der Waals surface area contributed by atoms with E-state index < -0.39 is 0 Å². The van der Waals surface area contributed by atoms with Gasteiger partial charge in [-0.1, -0.05) is 13.8 Å². The van der Waals surface area contributed by atoms with Gasteiger partial charge in [-0.15, -0.1) is 0 Å². The number of nitrogens with one attached hydrogen (secondary N) is 1. The van der Waals surface area contributed by atoms with Gasteiger partial charge in [0.05, 0.1) is 0 Å². The van der Waals surface area contributed by atoms with Crippen LogP contribution in [-0.2, 0) is 4.79 Å². The predicted octanol–water partition coefficient (Wildman–Crippen LogP) is 1.39. The first-order valence-electron chi connectivity index (χ1n) is 5.62. The average Bonchev–Trinajstić information content (AvgIpc) is 2.15. The van der Waals surface area contributed by atoms with Crippen molar-refractivity contribution in [1.82, 2.24) is 10.2 Å². The molecule has 1 N–H and O–H groups in total. The summed E-state index contributed by atoms with van der Waals surface area (Å²) in [6.45, 7) is 7.84. The second-order valence-electron chi connectivity index (χ2n) is 4.42. The molecular weight excluding hydrogens is 176 g/mol. The summed E-state index contributed by atoms with van der Waals surface area (Å²) in [5, 5.41) is 3.41. The highest BCUT2D eigenvalue weighted by molar-refractivity contribution is 5.73. The molecule has 0 radical (unpaired) electrons. The highest BCUT2D eigenvalue weighted by atomic mass is 16.2. The van der Waals surface area contributed by atoms with Crippen LogP contribution in [0, 0.1) is 0 Å². The Morgan fingerprint density at radius 3 is 2.79 bits per heavy atom. The van der Waals surface area contributed by atoms with Gasteiger partial charge in [-0.25, -0.2) is 0 Å². The van der Waals surface area contributed by atoms with E-state index in [1.54, 1.807) is 6.92 Å². The number of hydrogen-bond donors (Lipinski definition) is 1. The summed E-state index contributed by atoms with van der Waals surface area (Å²) >= 11 is 0. The Bertz CT molecular complexity index is 192. The molecule has 3 nitrogen and oxygen atoms in total. The molecule has 1 aliphatic heterocycles. The lowest BCUT2D eigenvalue weighted by atomic mass is 10.0. The summed E-state index contributed by atoms with van der Waals surface area (Å²) in [6, 6.07) is 0.925. The maximum atomic E-state index is 11.4. The predicted molar refractivity (Wildman–Crippen MR) is 58.2 cm³/mol. The second kappa shape index (κ2) is 5.35. The summed E-state index contributed by atoms with van der Waals surface area (Å²) in [7, 11) is 0. The van der Waals surface area contributed by atoms with E-state index in [0.29, 0.717) is 12.1 Å². The normalized spacial score (nSPS) is 22.9. The molecule has 0 aromatic rings. The molecule has 0 spiro atoms. The largest absolute Gasteiger partial charge is 0.339 e. The summed E-state index contributed by atoms with van der Waals surface area (Å²) in [5.41, 5.74) is 0. The minimum absolute atomic E-state index is 0.222. The van der Waals surface area contributed by atoms with Crippen LogP contribution in [0.2, 0.25) is 0 Å². The molecule has 0 saturated carbocycles. The SMILES string of the molecule is CC(=O)N1CCCC[C@@H]1CNC(C)C. The third-order valence-corrected chi connectivity index (χ3v) is 2.79. The van der Waals surface area contributed by atoms with Crippen LogP contribution < -0.4 is 5.32 Å². The Hall–Kier alpha value is -0.570. The van der Waals surface area contributed by atoms with Gasteiger partial charge in [0, 0.05) is 32.1 Å². The highest BCUT2D eigenvalue weighted by Crippen LogP contribution is 2.16. The molecule has 0 aromatic heterocycles. The first-order chi connectivity index (χ1) is 6.61. The van der Waals surface area contributed by atoms with Crippen LogP contribution in [0.1, 0.15) is 40.0 Å². The van der Waals surface area contributed by atoms with Gasteiger partial charge < -0.3 is 10.2 Å². The fourth-order valence-corrected chi connectivity index (χ4v) is 2.00. The van der Waals surface area contributed by atoms with Crippen molar-refractivity contribution >= 4 is 5.91 Å². The highest BCUT2D eigenvalue weighted by Gasteiger charge is 2.23. The molecule has 1 saturated heterocycles. The topological polar surface area (TPSA) is 32.3 Å². The Labute approximate surface area is 86.9 Å². The molecule has 1 atom stereocenters. The van der Waals surface area contributed by atoms with E-state index in [1.807, 2.05) is 4.90 Å². The molecule has 1 fully saturated rings. The van der Waals surface area contributed by atoms with Gasteiger partial charge in [-0.3, -0.25) is 4.79 Å². The lowest BCUT2D eigenvalue weighted by molar-refractivity contribution is -0.132. The molecule has 1 amide bonds. The zero-order chi connectivity index (χ0) is 10.6. The van der Waals surface area contributed by atoms with Crippen molar-refractivity contribution in [2.45, 2.75) is 52.1 Å². The fraction of sp³-hybridized carbons (Fsp3) is 0.909. The Morgan fingerprint density at radius 1 is 1.50 bits per heavy atom. The van der Waals surface area contributed by atoms with Crippen molar-refractivity contribution in [2.75, 3.05) is 13.1 Å². The molecular formula is C11H22N2O. The van der Waals surface area contributed by atoms with Crippen LogP contribution in [-0.4, -0.2) is 36.0 Å². The van der Waals surface area contributed by atoms with Gasteiger partial charge in [0.25, 0.3) is 0 Å². The Morgan fingerprint density at radius 2 is 2.21 bits per heavy atom. The van der Waals surface area contributed by atoms with Crippen molar-refractivity contribution in [2.24, 2.45) is 0 Å². The van der Waals surface area contributed by atoms with E-state index in [2.05, 4.69) is 19.2 Å². The number of rotatable bonds is 3. The van der Waals surface area contributed by atoms with Crippen molar-refractivity contribution in [3.63, 3.8) is 0 Å². The van der Waals surface area contributed by atoms with Crippen LogP contribution in [0.15, 0.2) is 0 Å². The molecule has 14 heavy (non-hydrogen) atoms. The van der Waals surface area contributed by atoms with Crippen molar-refractivity contribution in [1.29, 1.82) is 0 Å². The quantitative estimate of drug-likeness (QED) is 0.743. The van der Waals surface area contributed by atoms with Crippen LogP contribution in [0.25, 0.3) is 0 Å². The number of piperidine rings is 1. The molecule has 0 bridgehead atoms. The maximum absolute atomic E-state index is 11.4. The summed E-state index contributed by atoms with van der Waals surface area (Å²) in [4.78, 5) is 13.4. The fourth-order valence-electron chi connectivity index (χ4n) is 2.00. The average molecular weight is 198 g/mol. The van der Waals surface area contributed by atoms with Gasteiger partial charge >= 0.3 is 0 Å². The minimum Gasteiger partial charge on any atom is -0.339 e. The van der Waals surface area contributed by atoms with Crippen LogP contribution in [0.5, 0.6) is 0 Å². The third kappa shape index (κ3) is 3.29. The van der Waals surface area contributed by atoms with Gasteiger partial charge in [0.1, 0.15) is 0 Å². The number of nitrogens with zero attached hydrogens (tertiary/aromatic N) is 1. The summed E-state index contributed by atoms with van der Waals surface area (Å²) in [5.74, 6) is 0.222. The zero-order valence-electron chi connectivity index (χ0n) is 9.55. The molecule has 1 rings (SSSR count). The third-order valence-electron chi connectivity index (χ3n) is 2.79. The van der Waals surface area contributed by atoms with Gasteiger partial charge in [-0.2, -0.15) is 0 Å². The lowest BCUT2D eigenvalue weighted by Crippen LogP contribution is -2.48. The van der Waals surface area contributed by atoms with Crippen molar-refractivity contribution in [3.8, 4) is 0 Å². The van der Waals surface area contributed by atoms with Crippen LogP contribution in [0.4, 0.5) is 0 Å². The van der Waals surface area contributed by atoms with Gasteiger partial charge in [0.15, 0.2) is 0 Å². The summed E-state index contributed by atoms with van der Waals surface area (Å²) in [6.07, 6.45) is 3.57. The van der Waals surface area contributed by atoms with Crippen molar-refractivity contribution in [3.05, 3.63) is 0 Å². The smallest absolute Gasteiger partial charge is 0.219 e. The first-order valence-corrected chi connectivity index (χ1v) is 5.62. The molecule has 0 aliphatic carbocycles. The van der Waals surface area contributed by atoms with E-state index in [4.69, 9.17) is 0 Å². The van der Waals surface area contributed by atoms with Crippen molar-refractivity contribution < 1.29 is 4.79 Å². The van der Waals surface area contributed by atoms with E-state index in [9.17, 15) is 4.79 Å². The first kappa shape index (κ1) is 11.5. The molecule has 82 valence electrons. The number of hydrogen-bond acceptors (Lipinski definition) is 2. The number of likely N-dealkylation sites (tertiary alicyclic amines) is 1. The monoisotopic (exact) mass is 198 g/mol. The number of carbonyl (C=O) groups excluding carboxylic acids is 1. The van der Waals surface area contributed by atoms with Gasteiger partial charge in [-0.05, 0) is 19.3 Å². The maximum Gasteiger partial charge on any atom is 0.219 e. The summed E-state index contributed by atoms with van der Waals surface area (Å²) < 4.78 is 0. The van der Waals surface area contributed by atoms with Crippen LogP contribution in [0.3, 0.4) is 0 Å². The van der Waals surface area contributed by atoms with E-state index >= 15 is 0 Å². The lowest BCUT2D eigenvalue weighted by Gasteiger charge is -2.35. The zero-order valence-corrected chi connectivity index (χ0v) is 9.55. The molecule has 3 heteroatoms. The molecule has 1 heterocycles.